The zero-order valence-electron chi connectivity index (χ0n) is 17.6. The molecule has 0 radical (unpaired) electrons. The lowest BCUT2D eigenvalue weighted by Gasteiger charge is -2.44. The summed E-state index contributed by atoms with van der Waals surface area (Å²) in [5.74, 6) is 0.738. The van der Waals surface area contributed by atoms with Gasteiger partial charge in [-0.1, -0.05) is 29.8 Å². The molecule has 0 aliphatic carbocycles. The molecule has 0 bridgehead atoms. The summed E-state index contributed by atoms with van der Waals surface area (Å²) in [7, 11) is 0. The van der Waals surface area contributed by atoms with Crippen LogP contribution >= 0.6 is 11.6 Å². The highest BCUT2D eigenvalue weighted by Gasteiger charge is 2.30. The van der Waals surface area contributed by atoms with Crippen molar-refractivity contribution >= 4 is 23.2 Å². The molecule has 1 unspecified atom stereocenters. The highest BCUT2D eigenvalue weighted by atomic mass is 35.5. The minimum absolute atomic E-state index is 0.0631. The topological polar surface area (TPSA) is 36.0 Å². The van der Waals surface area contributed by atoms with E-state index in [0.717, 1.165) is 52.1 Å². The summed E-state index contributed by atoms with van der Waals surface area (Å²) in [4.78, 5) is 19.7. The van der Waals surface area contributed by atoms with Crippen molar-refractivity contribution in [2.24, 2.45) is 0 Å². The summed E-state index contributed by atoms with van der Waals surface area (Å²) in [6.07, 6.45) is 2.21. The average Bonchev–Trinajstić information content (AvgIpc) is 2.79. The fourth-order valence-electron chi connectivity index (χ4n) is 4.49. The molecule has 1 atom stereocenters. The van der Waals surface area contributed by atoms with Crippen molar-refractivity contribution in [3.05, 3.63) is 59.1 Å². The van der Waals surface area contributed by atoms with Gasteiger partial charge in [0.15, 0.2) is 6.61 Å². The number of carbonyl (C=O) groups is 1. The van der Waals surface area contributed by atoms with Crippen LogP contribution in [0.2, 0.25) is 5.02 Å². The zero-order valence-corrected chi connectivity index (χ0v) is 18.4. The number of benzene rings is 2. The number of hydrogen-bond acceptors (Lipinski definition) is 4. The van der Waals surface area contributed by atoms with E-state index in [-0.39, 0.29) is 12.5 Å². The Kier molecular flexibility index (Phi) is 6.80. The molecule has 6 heteroatoms. The van der Waals surface area contributed by atoms with E-state index in [4.69, 9.17) is 16.3 Å². The third-order valence-corrected chi connectivity index (χ3v) is 6.46. The summed E-state index contributed by atoms with van der Waals surface area (Å²) in [5.41, 5.74) is 2.68. The fraction of sp³-hybridized carbons (Fsp3) is 0.458. The van der Waals surface area contributed by atoms with Crippen LogP contribution in [-0.2, 0) is 4.79 Å². The average molecular weight is 428 g/mol. The van der Waals surface area contributed by atoms with E-state index in [1.54, 1.807) is 24.3 Å². The summed E-state index contributed by atoms with van der Waals surface area (Å²) in [5, 5.41) is 0.662. The van der Waals surface area contributed by atoms with Crippen LogP contribution in [0.5, 0.6) is 5.75 Å². The fourth-order valence-corrected chi connectivity index (χ4v) is 4.62. The van der Waals surface area contributed by atoms with Crippen molar-refractivity contribution in [1.82, 2.24) is 9.80 Å². The Morgan fingerprint density at radius 1 is 1.03 bits per heavy atom. The number of ether oxygens (including phenoxy) is 1. The molecule has 2 aliphatic rings. The van der Waals surface area contributed by atoms with Gasteiger partial charge in [-0.25, -0.2) is 0 Å². The number of nitrogens with zero attached hydrogens (tertiary/aromatic N) is 3. The van der Waals surface area contributed by atoms with Crippen molar-refractivity contribution in [3.63, 3.8) is 0 Å². The van der Waals surface area contributed by atoms with Crippen molar-refractivity contribution in [3.8, 4) is 5.75 Å². The molecule has 0 saturated carbocycles. The number of piperidine rings is 1. The van der Waals surface area contributed by atoms with Crippen LogP contribution in [-0.4, -0.2) is 67.6 Å². The van der Waals surface area contributed by atoms with Gasteiger partial charge in [0.25, 0.3) is 5.91 Å². The molecule has 2 aromatic rings. The Bertz CT molecular complexity index is 850. The third kappa shape index (κ3) is 5.08. The number of anilines is 1. The Balaban J connectivity index is 1.27. The molecular formula is C24H30ClN3O2. The first-order chi connectivity index (χ1) is 14.6. The van der Waals surface area contributed by atoms with Gasteiger partial charge in [-0.05, 0) is 55.7 Å². The van der Waals surface area contributed by atoms with Gasteiger partial charge in [-0.2, -0.15) is 0 Å². The Hall–Kier alpha value is -2.24. The van der Waals surface area contributed by atoms with Crippen LogP contribution < -0.4 is 9.64 Å². The predicted octanol–water partition coefficient (Wildman–Crippen LogP) is 3.84. The summed E-state index contributed by atoms with van der Waals surface area (Å²) in [6.45, 7) is 8.04. The first-order valence-electron chi connectivity index (χ1n) is 10.8. The summed E-state index contributed by atoms with van der Waals surface area (Å²) < 4.78 is 5.66. The van der Waals surface area contributed by atoms with Gasteiger partial charge in [0.2, 0.25) is 0 Å². The smallest absolute Gasteiger partial charge is 0.260 e. The molecule has 160 valence electrons. The molecular weight excluding hydrogens is 398 g/mol. The number of piperazine rings is 1. The van der Waals surface area contributed by atoms with E-state index in [1.807, 2.05) is 4.90 Å². The number of aryl methyl sites for hydroxylation is 1. The van der Waals surface area contributed by atoms with Crippen LogP contribution in [0.25, 0.3) is 0 Å². The SMILES string of the molecule is Cc1ccccc1N1CCN(C2CCCN(C(=O)COc3ccc(Cl)cc3)C2)CC1. The van der Waals surface area contributed by atoms with E-state index in [1.165, 1.54) is 11.3 Å². The lowest BCUT2D eigenvalue weighted by atomic mass is 10.0. The predicted molar refractivity (Wildman–Crippen MR) is 122 cm³/mol. The van der Waals surface area contributed by atoms with Crippen LogP contribution in [0.4, 0.5) is 5.69 Å². The van der Waals surface area contributed by atoms with Crippen LogP contribution in [0.1, 0.15) is 18.4 Å². The summed E-state index contributed by atoms with van der Waals surface area (Å²) in [6, 6.07) is 16.2. The summed E-state index contributed by atoms with van der Waals surface area (Å²) >= 11 is 5.90. The lowest BCUT2D eigenvalue weighted by molar-refractivity contribution is -0.135. The van der Waals surface area contributed by atoms with Gasteiger partial charge >= 0.3 is 0 Å². The molecule has 0 aromatic heterocycles. The van der Waals surface area contributed by atoms with E-state index >= 15 is 0 Å². The van der Waals surface area contributed by atoms with Crippen molar-refractivity contribution in [1.29, 1.82) is 0 Å². The monoisotopic (exact) mass is 427 g/mol. The van der Waals surface area contributed by atoms with Crippen molar-refractivity contribution in [2.45, 2.75) is 25.8 Å². The molecule has 5 nitrogen and oxygen atoms in total. The van der Waals surface area contributed by atoms with E-state index in [9.17, 15) is 4.79 Å². The van der Waals surface area contributed by atoms with Gasteiger partial charge in [-0.3, -0.25) is 9.69 Å². The molecule has 0 spiro atoms. The molecule has 4 rings (SSSR count). The highest BCUT2D eigenvalue weighted by Crippen LogP contribution is 2.23. The molecule has 2 aliphatic heterocycles. The highest BCUT2D eigenvalue weighted by molar-refractivity contribution is 6.30. The van der Waals surface area contributed by atoms with Gasteiger partial charge in [0.1, 0.15) is 5.75 Å². The molecule has 2 fully saturated rings. The lowest BCUT2D eigenvalue weighted by Crippen LogP contribution is -2.56. The first-order valence-corrected chi connectivity index (χ1v) is 11.2. The Labute approximate surface area is 184 Å². The van der Waals surface area contributed by atoms with Crippen LogP contribution in [0, 0.1) is 6.92 Å². The zero-order chi connectivity index (χ0) is 20.9. The third-order valence-electron chi connectivity index (χ3n) is 6.21. The van der Waals surface area contributed by atoms with Gasteiger partial charge < -0.3 is 14.5 Å². The first kappa shape index (κ1) is 21.0. The van der Waals surface area contributed by atoms with E-state index in [0.29, 0.717) is 16.8 Å². The molecule has 2 aromatic carbocycles. The van der Waals surface area contributed by atoms with E-state index in [2.05, 4.69) is 41.0 Å². The number of para-hydroxylation sites is 1. The minimum atomic E-state index is 0.0631. The standard InChI is InChI=1S/C24H30ClN3O2/c1-19-5-2-3-7-23(19)27-15-13-26(14-16-27)21-6-4-12-28(17-21)24(29)18-30-22-10-8-20(25)9-11-22/h2-3,5,7-11,21H,4,6,12-18H2,1H3. The number of likely N-dealkylation sites (tertiary alicyclic amines) is 1. The molecule has 2 heterocycles. The molecule has 1 amide bonds. The van der Waals surface area contributed by atoms with Crippen LogP contribution in [0.3, 0.4) is 0 Å². The van der Waals surface area contributed by atoms with Crippen LogP contribution in [0.15, 0.2) is 48.5 Å². The minimum Gasteiger partial charge on any atom is -0.484 e. The molecule has 2 saturated heterocycles. The number of halogens is 1. The second-order valence-corrected chi connectivity index (χ2v) is 8.62. The number of carbonyl (C=O) groups excluding carboxylic acids is 1. The Morgan fingerprint density at radius 2 is 1.77 bits per heavy atom. The maximum atomic E-state index is 12.7. The van der Waals surface area contributed by atoms with Gasteiger partial charge in [0, 0.05) is 56.0 Å². The quantitative estimate of drug-likeness (QED) is 0.726. The van der Waals surface area contributed by atoms with E-state index < -0.39 is 0 Å². The second-order valence-electron chi connectivity index (χ2n) is 8.19. The Morgan fingerprint density at radius 3 is 2.50 bits per heavy atom. The maximum absolute atomic E-state index is 12.7. The number of rotatable bonds is 5. The van der Waals surface area contributed by atoms with Crippen molar-refractivity contribution in [2.75, 3.05) is 50.8 Å². The second kappa shape index (κ2) is 9.71. The normalized spacial score (nSPS) is 20.3. The molecule has 30 heavy (non-hydrogen) atoms. The van der Waals surface area contributed by atoms with Gasteiger partial charge in [-0.15, -0.1) is 0 Å². The number of amides is 1. The van der Waals surface area contributed by atoms with Gasteiger partial charge in [0.05, 0.1) is 0 Å². The molecule has 0 N–H and O–H groups in total. The number of hydrogen-bond donors (Lipinski definition) is 0. The largest absolute Gasteiger partial charge is 0.484 e. The van der Waals surface area contributed by atoms with Crippen molar-refractivity contribution < 1.29 is 9.53 Å². The maximum Gasteiger partial charge on any atom is 0.260 e.